The topological polar surface area (TPSA) is 44.1 Å². The Balaban J connectivity index is 2.28. The van der Waals surface area contributed by atoms with Gasteiger partial charge in [-0.3, -0.25) is 0 Å². The number of imidazole rings is 1. The third kappa shape index (κ3) is 3.45. The Bertz CT molecular complexity index is 694. The maximum Gasteiger partial charge on any atom is 0.358 e. The lowest BCUT2D eigenvalue weighted by atomic mass is 9.98. The van der Waals surface area contributed by atoms with Crippen molar-refractivity contribution in [1.29, 1.82) is 0 Å². The summed E-state index contributed by atoms with van der Waals surface area (Å²) >= 11 is 0. The molecule has 0 unspecified atom stereocenters. The number of terminal acetylenes is 1. The van der Waals surface area contributed by atoms with Gasteiger partial charge in [0.05, 0.1) is 18.6 Å². The van der Waals surface area contributed by atoms with Gasteiger partial charge in [-0.2, -0.15) is 0 Å². The van der Waals surface area contributed by atoms with Gasteiger partial charge < -0.3 is 9.30 Å². The standard InChI is InChI=1S/C19H22N2O2/c1-5-19(6-2,7-3)23-18(22)17-13-20-14-21(17)15(4)16-11-9-8-10-12-16/h1,8-15H,6-7H2,2-4H3/t15-/m1/s1. The van der Waals surface area contributed by atoms with Crippen molar-refractivity contribution < 1.29 is 9.53 Å². The summed E-state index contributed by atoms with van der Waals surface area (Å²) in [6.45, 7) is 5.85. The van der Waals surface area contributed by atoms with Crippen molar-refractivity contribution in [3.63, 3.8) is 0 Å². The first kappa shape index (κ1) is 16.8. The molecule has 0 aliphatic carbocycles. The predicted molar refractivity (Wildman–Crippen MR) is 90.0 cm³/mol. The van der Waals surface area contributed by atoms with Gasteiger partial charge in [0.15, 0.2) is 5.60 Å². The molecule has 0 spiro atoms. The van der Waals surface area contributed by atoms with Crippen molar-refractivity contribution in [3.8, 4) is 12.3 Å². The fraction of sp³-hybridized carbons (Fsp3) is 0.368. The number of hydrogen-bond donors (Lipinski definition) is 0. The molecule has 120 valence electrons. The number of benzene rings is 1. The van der Waals surface area contributed by atoms with E-state index in [2.05, 4.69) is 10.9 Å². The van der Waals surface area contributed by atoms with E-state index in [1.165, 1.54) is 6.20 Å². The number of aromatic nitrogens is 2. The van der Waals surface area contributed by atoms with E-state index in [-0.39, 0.29) is 6.04 Å². The first-order valence-corrected chi connectivity index (χ1v) is 7.84. The molecule has 0 aliphatic rings. The second-order valence-electron chi connectivity index (χ2n) is 5.51. The maximum atomic E-state index is 12.6. The SMILES string of the molecule is C#CC(CC)(CC)OC(=O)c1cncn1[C@H](C)c1ccccc1. The summed E-state index contributed by atoms with van der Waals surface area (Å²) in [5.74, 6) is 2.18. The second-order valence-corrected chi connectivity index (χ2v) is 5.51. The molecule has 2 aromatic rings. The molecule has 0 saturated carbocycles. The summed E-state index contributed by atoms with van der Waals surface area (Å²) in [4.78, 5) is 16.7. The molecule has 0 saturated heterocycles. The minimum atomic E-state index is -0.859. The molecule has 23 heavy (non-hydrogen) atoms. The molecule has 0 bridgehead atoms. The zero-order chi connectivity index (χ0) is 16.9. The van der Waals surface area contributed by atoms with Gasteiger partial charge in [0.1, 0.15) is 5.69 Å². The number of esters is 1. The maximum absolute atomic E-state index is 12.6. The second kappa shape index (κ2) is 7.15. The number of carbonyl (C=O) groups excluding carboxylic acids is 1. The molecule has 1 heterocycles. The van der Waals surface area contributed by atoms with E-state index in [4.69, 9.17) is 11.2 Å². The fourth-order valence-corrected chi connectivity index (χ4v) is 2.52. The van der Waals surface area contributed by atoms with Gasteiger partial charge in [-0.05, 0) is 25.3 Å². The average molecular weight is 310 g/mol. The Labute approximate surface area is 137 Å². The Morgan fingerprint density at radius 3 is 2.57 bits per heavy atom. The summed E-state index contributed by atoms with van der Waals surface area (Å²) < 4.78 is 7.43. The van der Waals surface area contributed by atoms with Gasteiger partial charge in [-0.25, -0.2) is 9.78 Å². The van der Waals surface area contributed by atoms with Gasteiger partial charge in [0, 0.05) is 0 Å². The number of nitrogens with zero attached hydrogens (tertiary/aromatic N) is 2. The van der Waals surface area contributed by atoms with E-state index < -0.39 is 11.6 Å². The van der Waals surface area contributed by atoms with E-state index in [9.17, 15) is 4.79 Å². The lowest BCUT2D eigenvalue weighted by Gasteiger charge is -2.26. The number of hydrogen-bond acceptors (Lipinski definition) is 3. The Morgan fingerprint density at radius 2 is 2.00 bits per heavy atom. The molecule has 0 radical (unpaired) electrons. The van der Waals surface area contributed by atoms with Crippen LogP contribution in [-0.2, 0) is 4.74 Å². The molecule has 4 nitrogen and oxygen atoms in total. The van der Waals surface area contributed by atoms with Crippen LogP contribution >= 0.6 is 0 Å². The van der Waals surface area contributed by atoms with E-state index >= 15 is 0 Å². The molecular weight excluding hydrogens is 288 g/mol. The zero-order valence-electron chi connectivity index (χ0n) is 13.8. The molecule has 4 heteroatoms. The smallest absolute Gasteiger partial charge is 0.358 e. The normalized spacial score (nSPS) is 12.4. The molecule has 0 amide bonds. The van der Waals surface area contributed by atoms with Gasteiger partial charge >= 0.3 is 5.97 Å². The summed E-state index contributed by atoms with van der Waals surface area (Å²) in [6.07, 6.45) is 9.89. The van der Waals surface area contributed by atoms with Crippen molar-refractivity contribution >= 4 is 5.97 Å². The van der Waals surface area contributed by atoms with Crippen molar-refractivity contribution in [1.82, 2.24) is 9.55 Å². The minimum Gasteiger partial charge on any atom is -0.441 e. The third-order valence-electron chi connectivity index (χ3n) is 4.27. The number of ether oxygens (including phenoxy) is 1. The number of carbonyl (C=O) groups is 1. The monoisotopic (exact) mass is 310 g/mol. The van der Waals surface area contributed by atoms with E-state index in [0.717, 1.165) is 5.56 Å². The van der Waals surface area contributed by atoms with Crippen molar-refractivity contribution in [2.45, 2.75) is 45.3 Å². The average Bonchev–Trinajstić information content (AvgIpc) is 3.09. The van der Waals surface area contributed by atoms with Crippen molar-refractivity contribution in [3.05, 3.63) is 54.1 Å². The van der Waals surface area contributed by atoms with Crippen LogP contribution in [0.15, 0.2) is 42.9 Å². The summed E-state index contributed by atoms with van der Waals surface area (Å²) in [5, 5.41) is 0. The fourth-order valence-electron chi connectivity index (χ4n) is 2.52. The molecule has 1 aromatic carbocycles. The van der Waals surface area contributed by atoms with Gasteiger partial charge in [-0.15, -0.1) is 6.42 Å². The lowest BCUT2D eigenvalue weighted by Crippen LogP contribution is -2.33. The molecular formula is C19H22N2O2. The molecule has 1 aromatic heterocycles. The van der Waals surface area contributed by atoms with Crippen LogP contribution in [0.25, 0.3) is 0 Å². The first-order chi connectivity index (χ1) is 11.1. The number of rotatable bonds is 6. The highest BCUT2D eigenvalue weighted by Gasteiger charge is 2.30. The lowest BCUT2D eigenvalue weighted by molar-refractivity contribution is 0.00361. The summed E-state index contributed by atoms with van der Waals surface area (Å²) in [6, 6.07) is 9.91. The van der Waals surface area contributed by atoms with Crippen LogP contribution in [0, 0.1) is 12.3 Å². The molecule has 1 atom stereocenters. The van der Waals surface area contributed by atoms with Crippen LogP contribution in [0.4, 0.5) is 0 Å². The summed E-state index contributed by atoms with van der Waals surface area (Å²) in [7, 11) is 0. The highest BCUT2D eigenvalue weighted by atomic mass is 16.6. The quantitative estimate of drug-likeness (QED) is 0.601. The van der Waals surface area contributed by atoms with Crippen LogP contribution in [0.2, 0.25) is 0 Å². The van der Waals surface area contributed by atoms with Gasteiger partial charge in [-0.1, -0.05) is 50.1 Å². The Morgan fingerprint density at radius 1 is 1.35 bits per heavy atom. The predicted octanol–water partition coefficient (Wildman–Crippen LogP) is 3.84. The first-order valence-electron chi connectivity index (χ1n) is 7.84. The Hall–Kier alpha value is -2.54. The van der Waals surface area contributed by atoms with Gasteiger partial charge in [0.25, 0.3) is 0 Å². The van der Waals surface area contributed by atoms with Crippen LogP contribution in [-0.4, -0.2) is 21.1 Å². The molecule has 0 fully saturated rings. The van der Waals surface area contributed by atoms with E-state index in [0.29, 0.717) is 18.5 Å². The highest BCUT2D eigenvalue weighted by Crippen LogP contribution is 2.24. The van der Waals surface area contributed by atoms with Crippen LogP contribution in [0.5, 0.6) is 0 Å². The van der Waals surface area contributed by atoms with Crippen LogP contribution in [0.1, 0.15) is 55.7 Å². The van der Waals surface area contributed by atoms with Crippen molar-refractivity contribution in [2.24, 2.45) is 0 Å². The van der Waals surface area contributed by atoms with Gasteiger partial charge in [0.2, 0.25) is 0 Å². The minimum absolute atomic E-state index is 0.0234. The third-order valence-corrected chi connectivity index (χ3v) is 4.27. The zero-order valence-corrected chi connectivity index (χ0v) is 13.8. The van der Waals surface area contributed by atoms with Crippen LogP contribution in [0.3, 0.4) is 0 Å². The summed E-state index contributed by atoms with van der Waals surface area (Å²) in [5.41, 5.74) is 0.638. The molecule has 2 rings (SSSR count). The molecule has 0 aliphatic heterocycles. The highest BCUT2D eigenvalue weighted by molar-refractivity contribution is 5.88. The van der Waals surface area contributed by atoms with E-state index in [1.54, 1.807) is 6.33 Å². The van der Waals surface area contributed by atoms with Crippen molar-refractivity contribution in [2.75, 3.05) is 0 Å². The van der Waals surface area contributed by atoms with Crippen LogP contribution < -0.4 is 0 Å². The largest absolute Gasteiger partial charge is 0.441 e. The molecule has 0 N–H and O–H groups in total. The Kier molecular flexibility index (Phi) is 5.23. The van der Waals surface area contributed by atoms with E-state index in [1.807, 2.05) is 55.7 Å².